The van der Waals surface area contributed by atoms with Gasteiger partial charge in [0.25, 0.3) is 0 Å². The number of hydrogen-bond acceptors (Lipinski definition) is 4. The van der Waals surface area contributed by atoms with Gasteiger partial charge in [-0.15, -0.1) is 0 Å². The molecule has 2 atom stereocenters. The van der Waals surface area contributed by atoms with Crippen molar-refractivity contribution in [3.05, 3.63) is 60.2 Å². The summed E-state index contributed by atoms with van der Waals surface area (Å²) < 4.78 is 11.3. The van der Waals surface area contributed by atoms with E-state index in [1.165, 1.54) is 0 Å². The number of nitrogens with two attached hydrogens (primary N) is 1. The maximum Gasteiger partial charge on any atom is 0.237 e. The summed E-state index contributed by atoms with van der Waals surface area (Å²) in [6.07, 6.45) is 1.66. The fraction of sp³-hybridized carbons (Fsp3) is 0.381. The highest BCUT2D eigenvalue weighted by Gasteiger charge is 2.27. The second kappa shape index (κ2) is 8.83. The molecule has 0 saturated carbocycles. The molecule has 1 saturated heterocycles. The van der Waals surface area contributed by atoms with Gasteiger partial charge in [-0.25, -0.2) is 0 Å². The summed E-state index contributed by atoms with van der Waals surface area (Å²) in [6, 6.07) is 16.6. The molecule has 0 aliphatic carbocycles. The molecule has 3 N–H and O–H groups in total. The molecule has 0 bridgehead atoms. The van der Waals surface area contributed by atoms with Gasteiger partial charge in [0.05, 0.1) is 12.1 Å². The molecule has 2 aromatic carbocycles. The Labute approximate surface area is 154 Å². The minimum Gasteiger partial charge on any atom is -0.457 e. The van der Waals surface area contributed by atoms with Gasteiger partial charge in [0.2, 0.25) is 5.91 Å². The van der Waals surface area contributed by atoms with Gasteiger partial charge in [-0.1, -0.05) is 36.4 Å². The highest BCUT2D eigenvalue weighted by molar-refractivity contribution is 5.82. The number of amides is 1. The van der Waals surface area contributed by atoms with Gasteiger partial charge in [-0.2, -0.15) is 0 Å². The quantitative estimate of drug-likeness (QED) is 0.834. The van der Waals surface area contributed by atoms with Crippen molar-refractivity contribution in [2.45, 2.75) is 31.8 Å². The Hall–Kier alpha value is -2.37. The molecule has 3 rings (SSSR count). The van der Waals surface area contributed by atoms with Crippen LogP contribution >= 0.6 is 0 Å². The Morgan fingerprint density at radius 1 is 1.12 bits per heavy atom. The van der Waals surface area contributed by atoms with Crippen molar-refractivity contribution < 1.29 is 14.3 Å². The molecule has 0 radical (unpaired) electrons. The van der Waals surface area contributed by atoms with Crippen LogP contribution in [-0.4, -0.2) is 25.2 Å². The summed E-state index contributed by atoms with van der Waals surface area (Å²) in [6.45, 7) is 3.30. The lowest BCUT2D eigenvalue weighted by Gasteiger charge is -2.28. The Kier molecular flexibility index (Phi) is 6.26. The van der Waals surface area contributed by atoms with Crippen LogP contribution in [0, 0.1) is 5.92 Å². The van der Waals surface area contributed by atoms with Crippen LogP contribution in [0.2, 0.25) is 0 Å². The first-order valence-electron chi connectivity index (χ1n) is 9.10. The van der Waals surface area contributed by atoms with Crippen LogP contribution < -0.4 is 15.8 Å². The lowest BCUT2D eigenvalue weighted by atomic mass is 9.91. The van der Waals surface area contributed by atoms with Crippen molar-refractivity contribution in [2.75, 3.05) is 13.2 Å². The molecule has 5 heteroatoms. The third kappa shape index (κ3) is 4.62. The first kappa shape index (κ1) is 18.4. The van der Waals surface area contributed by atoms with Crippen molar-refractivity contribution >= 4 is 5.91 Å². The average Bonchev–Trinajstić information content (AvgIpc) is 2.69. The fourth-order valence-electron chi connectivity index (χ4n) is 3.22. The zero-order valence-electron chi connectivity index (χ0n) is 15.1. The maximum absolute atomic E-state index is 12.6. The topological polar surface area (TPSA) is 73.6 Å². The van der Waals surface area contributed by atoms with Crippen molar-refractivity contribution in [1.29, 1.82) is 0 Å². The Morgan fingerprint density at radius 3 is 2.50 bits per heavy atom. The summed E-state index contributed by atoms with van der Waals surface area (Å²) in [5.74, 6) is 1.54. The summed E-state index contributed by atoms with van der Waals surface area (Å²) in [7, 11) is 0. The summed E-state index contributed by atoms with van der Waals surface area (Å²) >= 11 is 0. The van der Waals surface area contributed by atoms with E-state index < -0.39 is 6.04 Å². The van der Waals surface area contributed by atoms with Gasteiger partial charge in [0.15, 0.2) is 0 Å². The molecule has 1 fully saturated rings. The molecule has 1 aliphatic heterocycles. The molecule has 1 heterocycles. The average molecular weight is 354 g/mol. The molecule has 26 heavy (non-hydrogen) atoms. The van der Waals surface area contributed by atoms with Crippen LogP contribution in [0.3, 0.4) is 0 Å². The molecule has 0 spiro atoms. The third-order valence-electron chi connectivity index (χ3n) is 4.79. The third-order valence-corrected chi connectivity index (χ3v) is 4.79. The summed E-state index contributed by atoms with van der Waals surface area (Å²) in [5, 5.41) is 3.03. The van der Waals surface area contributed by atoms with Gasteiger partial charge in [0.1, 0.15) is 11.5 Å². The van der Waals surface area contributed by atoms with E-state index in [4.69, 9.17) is 15.2 Å². The van der Waals surface area contributed by atoms with Crippen LogP contribution in [0.4, 0.5) is 0 Å². The highest BCUT2D eigenvalue weighted by atomic mass is 16.5. The van der Waals surface area contributed by atoms with E-state index in [-0.39, 0.29) is 17.9 Å². The standard InChI is InChI=1S/C21H26N2O3/c1-15(23-21(24)20(22)16-11-13-25-14-12-16)18-9-5-6-10-19(18)26-17-7-3-2-4-8-17/h2-10,15-16,20H,11-14,22H2,1H3,(H,23,24). The zero-order chi connectivity index (χ0) is 18.4. The Morgan fingerprint density at radius 2 is 1.77 bits per heavy atom. The summed E-state index contributed by atoms with van der Waals surface area (Å²) in [4.78, 5) is 12.6. The number of benzene rings is 2. The Balaban J connectivity index is 1.67. The minimum atomic E-state index is -0.511. The van der Waals surface area contributed by atoms with Gasteiger partial charge in [-0.3, -0.25) is 4.79 Å². The van der Waals surface area contributed by atoms with Crippen LogP contribution in [0.25, 0.3) is 0 Å². The fourth-order valence-corrected chi connectivity index (χ4v) is 3.22. The van der Waals surface area contributed by atoms with Gasteiger partial charge in [-0.05, 0) is 43.9 Å². The molecule has 1 amide bonds. The monoisotopic (exact) mass is 354 g/mol. The molecule has 2 aromatic rings. The second-order valence-electron chi connectivity index (χ2n) is 6.66. The lowest BCUT2D eigenvalue weighted by Crippen LogP contribution is -2.47. The molecule has 5 nitrogen and oxygen atoms in total. The molecule has 138 valence electrons. The van der Waals surface area contributed by atoms with Crippen LogP contribution in [0.1, 0.15) is 31.4 Å². The van der Waals surface area contributed by atoms with Crippen LogP contribution in [-0.2, 0) is 9.53 Å². The molecular formula is C21H26N2O3. The number of carbonyl (C=O) groups is 1. The smallest absolute Gasteiger partial charge is 0.237 e. The maximum atomic E-state index is 12.6. The van der Waals surface area contributed by atoms with E-state index in [0.717, 1.165) is 29.9 Å². The van der Waals surface area contributed by atoms with Crippen molar-refractivity contribution in [3.63, 3.8) is 0 Å². The predicted molar refractivity (Wildman–Crippen MR) is 101 cm³/mol. The minimum absolute atomic E-state index is 0.126. The molecule has 1 aliphatic rings. The molecule has 0 aromatic heterocycles. The van der Waals surface area contributed by atoms with E-state index in [0.29, 0.717) is 13.2 Å². The van der Waals surface area contributed by atoms with E-state index in [1.54, 1.807) is 0 Å². The Bertz CT molecular complexity index is 714. The SMILES string of the molecule is CC(NC(=O)C(N)C1CCOCC1)c1ccccc1Oc1ccccc1. The van der Waals surface area contributed by atoms with Crippen molar-refractivity contribution in [3.8, 4) is 11.5 Å². The molecular weight excluding hydrogens is 328 g/mol. The number of ether oxygens (including phenoxy) is 2. The van der Waals surface area contributed by atoms with E-state index >= 15 is 0 Å². The summed E-state index contributed by atoms with van der Waals surface area (Å²) in [5.41, 5.74) is 7.10. The second-order valence-corrected chi connectivity index (χ2v) is 6.66. The first-order valence-corrected chi connectivity index (χ1v) is 9.10. The predicted octanol–water partition coefficient (Wildman–Crippen LogP) is 3.41. The number of para-hydroxylation sites is 2. The van der Waals surface area contributed by atoms with Gasteiger partial charge in [0, 0.05) is 18.8 Å². The number of rotatable bonds is 6. The van der Waals surface area contributed by atoms with E-state index in [9.17, 15) is 4.79 Å². The number of hydrogen-bond donors (Lipinski definition) is 2. The normalized spacial score (nSPS) is 17.3. The van der Waals surface area contributed by atoms with Gasteiger partial charge < -0.3 is 20.5 Å². The number of nitrogens with one attached hydrogen (secondary N) is 1. The van der Waals surface area contributed by atoms with Crippen molar-refractivity contribution in [2.24, 2.45) is 11.7 Å². The first-order chi connectivity index (χ1) is 12.6. The van der Waals surface area contributed by atoms with E-state index in [2.05, 4.69) is 5.32 Å². The zero-order valence-corrected chi connectivity index (χ0v) is 15.1. The van der Waals surface area contributed by atoms with Crippen molar-refractivity contribution in [1.82, 2.24) is 5.32 Å². The van der Waals surface area contributed by atoms with Gasteiger partial charge >= 0.3 is 0 Å². The number of carbonyl (C=O) groups excluding carboxylic acids is 1. The van der Waals surface area contributed by atoms with Crippen LogP contribution in [0.5, 0.6) is 11.5 Å². The largest absolute Gasteiger partial charge is 0.457 e. The highest BCUT2D eigenvalue weighted by Crippen LogP contribution is 2.29. The molecule has 2 unspecified atom stereocenters. The lowest BCUT2D eigenvalue weighted by molar-refractivity contribution is -0.125. The van der Waals surface area contributed by atoms with Crippen LogP contribution in [0.15, 0.2) is 54.6 Å². The van der Waals surface area contributed by atoms with E-state index in [1.807, 2.05) is 61.5 Å².